The third kappa shape index (κ3) is 2.26. The summed E-state index contributed by atoms with van der Waals surface area (Å²) >= 11 is 0. The van der Waals surface area contributed by atoms with Crippen LogP contribution in [0.3, 0.4) is 0 Å². The summed E-state index contributed by atoms with van der Waals surface area (Å²) < 4.78 is 27.3. The van der Waals surface area contributed by atoms with Gasteiger partial charge in [0.25, 0.3) is 0 Å². The molecule has 2 heteroatoms. The van der Waals surface area contributed by atoms with Crippen molar-refractivity contribution in [2.45, 2.75) is 0 Å². The molecule has 0 unspecified atom stereocenters. The van der Waals surface area contributed by atoms with Crippen LogP contribution in [-0.2, 0) is 0 Å². The molecule has 0 bridgehead atoms. The Morgan fingerprint density at radius 2 is 1.23 bits per heavy atom. The van der Waals surface area contributed by atoms with E-state index in [-0.39, 0.29) is 11.6 Å². The van der Waals surface area contributed by atoms with Crippen molar-refractivity contribution in [3.8, 4) is 11.1 Å². The van der Waals surface area contributed by atoms with E-state index in [0.29, 0.717) is 0 Å². The fraction of sp³-hybridized carbons (Fsp3) is 0. The quantitative estimate of drug-likeness (QED) is 0.286. The highest BCUT2D eigenvalue weighted by molar-refractivity contribution is 6.22. The van der Waals surface area contributed by atoms with Crippen LogP contribution >= 0.6 is 0 Å². The Balaban J connectivity index is 2.02. The molecule has 0 aliphatic rings. The van der Waals surface area contributed by atoms with Gasteiger partial charge in [-0.1, -0.05) is 54.6 Å². The Kier molecular flexibility index (Phi) is 3.26. The summed E-state index contributed by atoms with van der Waals surface area (Å²) in [5, 5.41) is 6.15. The summed E-state index contributed by atoms with van der Waals surface area (Å²) in [7, 11) is 0. The van der Waals surface area contributed by atoms with Crippen molar-refractivity contribution in [3.63, 3.8) is 0 Å². The van der Waals surface area contributed by atoms with Crippen molar-refractivity contribution in [2.24, 2.45) is 0 Å². The van der Waals surface area contributed by atoms with E-state index in [1.165, 1.54) is 18.2 Å². The van der Waals surface area contributed by atoms with Gasteiger partial charge in [-0.15, -0.1) is 0 Å². The molecule has 5 rings (SSSR count). The highest BCUT2D eigenvalue weighted by atomic mass is 19.1. The van der Waals surface area contributed by atoms with Crippen molar-refractivity contribution in [2.75, 3.05) is 0 Å². The number of rotatable bonds is 1. The molecule has 0 nitrogen and oxygen atoms in total. The van der Waals surface area contributed by atoms with E-state index in [9.17, 15) is 8.78 Å². The monoisotopic (exact) mass is 340 g/mol. The molecule has 124 valence electrons. The third-order valence-corrected chi connectivity index (χ3v) is 4.96. The highest BCUT2D eigenvalue weighted by Crippen LogP contribution is 2.39. The summed E-state index contributed by atoms with van der Waals surface area (Å²) in [5.41, 5.74) is 1.97. The summed E-state index contributed by atoms with van der Waals surface area (Å²) in [6.07, 6.45) is 0. The zero-order chi connectivity index (χ0) is 17.7. The zero-order valence-electron chi connectivity index (χ0n) is 13.8. The zero-order valence-corrected chi connectivity index (χ0v) is 13.8. The molecule has 26 heavy (non-hydrogen) atoms. The van der Waals surface area contributed by atoms with Gasteiger partial charge in [0.15, 0.2) is 0 Å². The Morgan fingerprint density at radius 3 is 2.08 bits per heavy atom. The van der Waals surface area contributed by atoms with Gasteiger partial charge in [-0.3, -0.25) is 0 Å². The predicted molar refractivity (Wildman–Crippen MR) is 104 cm³/mol. The van der Waals surface area contributed by atoms with Gasteiger partial charge in [0.1, 0.15) is 11.6 Å². The molecule has 5 aromatic rings. The average Bonchev–Trinajstić information content (AvgIpc) is 2.68. The largest absolute Gasteiger partial charge is 0.207 e. The average molecular weight is 340 g/mol. The molecular formula is C24H14F2. The first-order valence-corrected chi connectivity index (χ1v) is 8.50. The SMILES string of the molecule is Fc1ccc(-c2cc3ccc(F)cc3c3ccc4ccccc4c23)cc1. The van der Waals surface area contributed by atoms with Crippen LogP contribution in [0.4, 0.5) is 8.78 Å². The molecule has 0 fully saturated rings. The van der Waals surface area contributed by atoms with Crippen LogP contribution in [0.15, 0.2) is 84.9 Å². The number of hydrogen-bond donors (Lipinski definition) is 0. The summed E-state index contributed by atoms with van der Waals surface area (Å²) in [6, 6.07) is 25.7. The summed E-state index contributed by atoms with van der Waals surface area (Å²) in [5.74, 6) is -0.507. The van der Waals surface area contributed by atoms with E-state index < -0.39 is 0 Å². The Bertz CT molecular complexity index is 1280. The lowest BCUT2D eigenvalue weighted by Gasteiger charge is -2.14. The molecule has 0 saturated carbocycles. The summed E-state index contributed by atoms with van der Waals surface area (Å²) in [6.45, 7) is 0. The van der Waals surface area contributed by atoms with Crippen LogP contribution in [0.1, 0.15) is 0 Å². The van der Waals surface area contributed by atoms with E-state index in [0.717, 1.165) is 43.4 Å². The van der Waals surface area contributed by atoms with Crippen molar-refractivity contribution < 1.29 is 8.78 Å². The Morgan fingerprint density at radius 1 is 0.500 bits per heavy atom. The molecular weight excluding hydrogens is 326 g/mol. The molecule has 0 aliphatic heterocycles. The topological polar surface area (TPSA) is 0 Å². The van der Waals surface area contributed by atoms with Gasteiger partial charge in [-0.2, -0.15) is 0 Å². The normalized spacial score (nSPS) is 11.5. The van der Waals surface area contributed by atoms with E-state index >= 15 is 0 Å². The predicted octanol–water partition coefficient (Wildman–Crippen LogP) is 7.09. The van der Waals surface area contributed by atoms with Crippen LogP contribution in [0.25, 0.3) is 43.4 Å². The van der Waals surface area contributed by atoms with Gasteiger partial charge < -0.3 is 0 Å². The minimum absolute atomic E-state index is 0.249. The van der Waals surface area contributed by atoms with Crippen molar-refractivity contribution in [1.82, 2.24) is 0 Å². The molecule has 0 spiro atoms. The second-order valence-electron chi connectivity index (χ2n) is 6.51. The fourth-order valence-corrected chi connectivity index (χ4v) is 3.76. The Labute approximate surface area is 149 Å². The first-order valence-electron chi connectivity index (χ1n) is 8.50. The molecule has 0 aliphatic carbocycles. The minimum atomic E-state index is -0.259. The molecule has 0 saturated heterocycles. The molecule has 0 amide bonds. The number of halogens is 2. The second-order valence-corrected chi connectivity index (χ2v) is 6.51. The maximum absolute atomic E-state index is 13.9. The first-order chi connectivity index (χ1) is 12.7. The lowest BCUT2D eigenvalue weighted by Crippen LogP contribution is -1.88. The molecule has 0 heterocycles. The van der Waals surface area contributed by atoms with E-state index in [4.69, 9.17) is 0 Å². The van der Waals surface area contributed by atoms with Crippen LogP contribution in [0.2, 0.25) is 0 Å². The van der Waals surface area contributed by atoms with E-state index in [2.05, 4.69) is 24.3 Å². The summed E-state index contributed by atoms with van der Waals surface area (Å²) in [4.78, 5) is 0. The van der Waals surface area contributed by atoms with Crippen LogP contribution in [-0.4, -0.2) is 0 Å². The second kappa shape index (κ2) is 5.63. The number of benzene rings is 5. The Hall–Kier alpha value is -3.26. The highest BCUT2D eigenvalue weighted by Gasteiger charge is 2.12. The maximum Gasteiger partial charge on any atom is 0.123 e. The lowest BCUT2D eigenvalue weighted by molar-refractivity contribution is 0.628. The van der Waals surface area contributed by atoms with Crippen LogP contribution in [0.5, 0.6) is 0 Å². The molecule has 5 aromatic carbocycles. The van der Waals surface area contributed by atoms with Gasteiger partial charge in [-0.25, -0.2) is 8.78 Å². The van der Waals surface area contributed by atoms with E-state index in [1.54, 1.807) is 24.3 Å². The first kappa shape index (κ1) is 15.0. The fourth-order valence-electron chi connectivity index (χ4n) is 3.76. The number of hydrogen-bond acceptors (Lipinski definition) is 0. The van der Waals surface area contributed by atoms with Crippen molar-refractivity contribution in [3.05, 3.63) is 96.6 Å². The maximum atomic E-state index is 13.9. The molecule has 0 aromatic heterocycles. The molecule has 0 radical (unpaired) electrons. The standard InChI is InChI=1S/C24H14F2/c25-18-9-5-16(6-10-18)23-13-17-7-11-19(26)14-22(17)21-12-8-15-3-1-2-4-20(15)24(21)23/h1-14H. The van der Waals surface area contributed by atoms with Gasteiger partial charge in [0, 0.05) is 0 Å². The minimum Gasteiger partial charge on any atom is -0.207 e. The van der Waals surface area contributed by atoms with Gasteiger partial charge in [0.2, 0.25) is 0 Å². The lowest BCUT2D eigenvalue weighted by atomic mass is 9.90. The molecule has 0 N–H and O–H groups in total. The van der Waals surface area contributed by atoms with E-state index in [1.807, 2.05) is 18.2 Å². The van der Waals surface area contributed by atoms with Gasteiger partial charge in [0.05, 0.1) is 0 Å². The number of fused-ring (bicyclic) bond motifs is 5. The third-order valence-electron chi connectivity index (χ3n) is 4.96. The van der Waals surface area contributed by atoms with Gasteiger partial charge >= 0.3 is 0 Å². The molecule has 0 atom stereocenters. The van der Waals surface area contributed by atoms with Crippen molar-refractivity contribution >= 4 is 32.3 Å². The van der Waals surface area contributed by atoms with Crippen molar-refractivity contribution in [1.29, 1.82) is 0 Å². The van der Waals surface area contributed by atoms with Crippen LogP contribution in [0, 0.1) is 11.6 Å². The smallest absolute Gasteiger partial charge is 0.123 e. The van der Waals surface area contributed by atoms with Crippen LogP contribution < -0.4 is 0 Å². The van der Waals surface area contributed by atoms with Gasteiger partial charge in [-0.05, 0) is 73.8 Å².